The third kappa shape index (κ3) is 3.05. The predicted molar refractivity (Wildman–Crippen MR) is 110 cm³/mol. The molecule has 3 heterocycles. The van der Waals surface area contributed by atoms with Crippen LogP contribution < -0.4 is 4.90 Å². The van der Waals surface area contributed by atoms with Gasteiger partial charge in [0.2, 0.25) is 0 Å². The molecule has 144 valence electrons. The second-order valence-corrected chi connectivity index (χ2v) is 8.62. The second kappa shape index (κ2) is 6.92. The van der Waals surface area contributed by atoms with Crippen LogP contribution in [0.2, 0.25) is 0 Å². The van der Waals surface area contributed by atoms with E-state index in [-0.39, 0.29) is 5.41 Å². The van der Waals surface area contributed by atoms with Gasteiger partial charge in [-0.1, -0.05) is 38.1 Å². The molecule has 4 rings (SSSR count). The second-order valence-electron chi connectivity index (χ2n) is 8.62. The summed E-state index contributed by atoms with van der Waals surface area (Å²) in [5, 5.41) is 12.2. The third-order valence-corrected chi connectivity index (χ3v) is 6.50. The minimum Gasteiger partial charge on any atom is -0.380 e. The molecule has 0 amide bonds. The van der Waals surface area contributed by atoms with Crippen molar-refractivity contribution in [2.75, 3.05) is 38.1 Å². The normalized spacial score (nSPS) is 21.7. The summed E-state index contributed by atoms with van der Waals surface area (Å²) in [5.41, 5.74) is 3.02. The summed E-state index contributed by atoms with van der Waals surface area (Å²) in [7, 11) is 2.11. The van der Waals surface area contributed by atoms with Crippen molar-refractivity contribution in [2.24, 2.45) is 5.41 Å². The van der Waals surface area contributed by atoms with E-state index in [1.807, 2.05) is 12.4 Å². The maximum absolute atomic E-state index is 12.2. The molecule has 1 aromatic carbocycles. The van der Waals surface area contributed by atoms with Crippen LogP contribution in [0.3, 0.4) is 0 Å². The van der Waals surface area contributed by atoms with Gasteiger partial charge < -0.3 is 14.9 Å². The van der Waals surface area contributed by atoms with Gasteiger partial charge in [0.25, 0.3) is 0 Å². The van der Waals surface area contributed by atoms with Crippen LogP contribution in [0.1, 0.15) is 43.4 Å². The van der Waals surface area contributed by atoms with Gasteiger partial charge in [0, 0.05) is 43.4 Å². The third-order valence-electron chi connectivity index (χ3n) is 6.50. The van der Waals surface area contributed by atoms with E-state index in [1.165, 1.54) is 18.4 Å². The van der Waals surface area contributed by atoms with Crippen molar-refractivity contribution in [3.63, 3.8) is 0 Å². The van der Waals surface area contributed by atoms with Gasteiger partial charge in [-0.05, 0) is 43.5 Å². The molecule has 2 fully saturated rings. The van der Waals surface area contributed by atoms with E-state index in [9.17, 15) is 5.11 Å². The lowest BCUT2D eigenvalue weighted by atomic mass is 9.62. The molecule has 0 aliphatic carbocycles. The molecule has 1 aromatic heterocycles. The average molecular weight is 366 g/mol. The fraction of sp³-hybridized carbons (Fsp3) is 0.522. The molecule has 2 aliphatic heterocycles. The number of likely N-dealkylation sites (tertiary alicyclic amines) is 1. The maximum atomic E-state index is 12.2. The molecule has 2 saturated heterocycles. The molecule has 0 bridgehead atoms. The van der Waals surface area contributed by atoms with Crippen LogP contribution >= 0.6 is 0 Å². The van der Waals surface area contributed by atoms with E-state index in [2.05, 4.69) is 66.0 Å². The van der Waals surface area contributed by atoms with Crippen molar-refractivity contribution < 1.29 is 5.11 Å². The Morgan fingerprint density at radius 3 is 2.33 bits per heavy atom. The molecule has 1 N–H and O–H groups in total. The van der Waals surface area contributed by atoms with Gasteiger partial charge in [-0.3, -0.25) is 4.98 Å². The summed E-state index contributed by atoms with van der Waals surface area (Å²) in [6.45, 7) is 8.25. The Morgan fingerprint density at radius 2 is 1.74 bits per heavy atom. The van der Waals surface area contributed by atoms with Crippen molar-refractivity contribution in [1.29, 1.82) is 0 Å². The van der Waals surface area contributed by atoms with E-state index in [0.29, 0.717) is 0 Å². The largest absolute Gasteiger partial charge is 0.380 e. The number of nitrogens with zero attached hydrogens (tertiary/aromatic N) is 3. The first-order valence-corrected chi connectivity index (χ1v) is 10.2. The van der Waals surface area contributed by atoms with Crippen LogP contribution in [0.15, 0.2) is 42.7 Å². The first-order chi connectivity index (χ1) is 13.0. The van der Waals surface area contributed by atoms with Gasteiger partial charge in [0.05, 0.1) is 11.9 Å². The summed E-state index contributed by atoms with van der Waals surface area (Å²) in [6, 6.07) is 10.7. The van der Waals surface area contributed by atoms with E-state index < -0.39 is 5.60 Å². The minimum atomic E-state index is -1.05. The lowest BCUT2D eigenvalue weighted by Crippen LogP contribution is -2.63. The molecular weight excluding hydrogens is 334 g/mol. The molecule has 2 aromatic rings. The number of benzene rings is 1. The minimum absolute atomic E-state index is 0.235. The van der Waals surface area contributed by atoms with E-state index in [0.717, 1.165) is 49.4 Å². The van der Waals surface area contributed by atoms with Gasteiger partial charge in [0.1, 0.15) is 5.60 Å². The Bertz CT molecular complexity index is 792. The zero-order valence-electron chi connectivity index (χ0n) is 16.8. The topological polar surface area (TPSA) is 39.6 Å². The Kier molecular flexibility index (Phi) is 4.73. The van der Waals surface area contributed by atoms with Crippen LogP contribution in [0.5, 0.6) is 0 Å². The molecule has 27 heavy (non-hydrogen) atoms. The Morgan fingerprint density at radius 1 is 1.07 bits per heavy atom. The van der Waals surface area contributed by atoms with Crippen molar-refractivity contribution in [3.8, 4) is 0 Å². The highest BCUT2D eigenvalue weighted by atomic mass is 16.3. The highest BCUT2D eigenvalue weighted by Gasteiger charge is 2.55. The fourth-order valence-electron chi connectivity index (χ4n) is 4.99. The van der Waals surface area contributed by atoms with Gasteiger partial charge in [0.15, 0.2) is 0 Å². The van der Waals surface area contributed by atoms with E-state index in [4.69, 9.17) is 0 Å². The van der Waals surface area contributed by atoms with Crippen molar-refractivity contribution in [2.45, 2.75) is 38.7 Å². The zero-order chi connectivity index (χ0) is 19.1. The Labute approximate surface area is 162 Å². The van der Waals surface area contributed by atoms with Crippen LogP contribution in [-0.4, -0.2) is 48.2 Å². The maximum Gasteiger partial charge on any atom is 0.124 e. The van der Waals surface area contributed by atoms with Crippen LogP contribution in [0, 0.1) is 5.41 Å². The molecular formula is C23H31N3O. The number of aromatic nitrogens is 1. The average Bonchev–Trinajstić information content (AvgIpc) is 3.21. The number of pyridine rings is 1. The van der Waals surface area contributed by atoms with E-state index >= 15 is 0 Å². The molecule has 0 radical (unpaired) electrons. The summed E-state index contributed by atoms with van der Waals surface area (Å²) >= 11 is 0. The number of hydrogen-bond acceptors (Lipinski definition) is 4. The molecule has 0 saturated carbocycles. The summed E-state index contributed by atoms with van der Waals surface area (Å²) in [6.07, 6.45) is 7.26. The monoisotopic (exact) mass is 365 g/mol. The van der Waals surface area contributed by atoms with Gasteiger partial charge in [-0.25, -0.2) is 0 Å². The highest BCUT2D eigenvalue weighted by Crippen LogP contribution is 2.50. The Hall–Kier alpha value is -1.91. The molecule has 0 spiro atoms. The van der Waals surface area contributed by atoms with Crippen molar-refractivity contribution >= 4 is 5.69 Å². The summed E-state index contributed by atoms with van der Waals surface area (Å²) < 4.78 is 0. The Balaban J connectivity index is 1.79. The SMILES string of the molecule is CCc1ccc([C@](O)(c2cncc(N3CCCC3)c2)C2(C)CN(C)C2)cc1. The molecule has 1 atom stereocenters. The number of hydrogen-bond donors (Lipinski definition) is 1. The van der Waals surface area contributed by atoms with Gasteiger partial charge in [-0.2, -0.15) is 0 Å². The zero-order valence-corrected chi connectivity index (χ0v) is 16.8. The lowest BCUT2D eigenvalue weighted by Gasteiger charge is -2.56. The number of anilines is 1. The van der Waals surface area contributed by atoms with Crippen LogP contribution in [-0.2, 0) is 12.0 Å². The standard InChI is InChI=1S/C23H31N3O/c1-4-18-7-9-19(10-8-18)23(27,22(2)16-25(3)17-22)20-13-21(15-24-14-20)26-11-5-6-12-26/h7-10,13-15,27H,4-6,11-12,16-17H2,1-3H3/t23-/m0/s1. The first kappa shape index (κ1) is 18.5. The number of rotatable bonds is 5. The molecule has 4 nitrogen and oxygen atoms in total. The van der Waals surface area contributed by atoms with Gasteiger partial charge in [-0.15, -0.1) is 0 Å². The van der Waals surface area contributed by atoms with E-state index in [1.54, 1.807) is 0 Å². The fourth-order valence-corrected chi connectivity index (χ4v) is 4.99. The highest BCUT2D eigenvalue weighted by molar-refractivity contribution is 5.51. The summed E-state index contributed by atoms with van der Waals surface area (Å²) in [4.78, 5) is 9.18. The first-order valence-electron chi connectivity index (χ1n) is 10.2. The van der Waals surface area contributed by atoms with Gasteiger partial charge >= 0.3 is 0 Å². The molecule has 2 aliphatic rings. The predicted octanol–water partition coefficient (Wildman–Crippen LogP) is 3.43. The molecule has 4 heteroatoms. The van der Waals surface area contributed by atoms with Crippen molar-refractivity contribution in [3.05, 3.63) is 59.4 Å². The van der Waals surface area contributed by atoms with Crippen LogP contribution in [0.4, 0.5) is 5.69 Å². The quantitative estimate of drug-likeness (QED) is 0.881. The van der Waals surface area contributed by atoms with Crippen LogP contribution in [0.25, 0.3) is 0 Å². The smallest absolute Gasteiger partial charge is 0.124 e. The number of aryl methyl sites for hydroxylation is 1. The van der Waals surface area contributed by atoms with Crippen molar-refractivity contribution in [1.82, 2.24) is 9.88 Å². The molecule has 0 unspecified atom stereocenters. The number of aliphatic hydroxyl groups is 1. The summed E-state index contributed by atoms with van der Waals surface area (Å²) in [5.74, 6) is 0. The lowest BCUT2D eigenvalue weighted by molar-refractivity contribution is -0.127.